The minimum atomic E-state index is -0.387. The molecular weight excluding hydrogens is 276 g/mol. The second kappa shape index (κ2) is 6.31. The summed E-state index contributed by atoms with van der Waals surface area (Å²) in [4.78, 5) is 12.2. The van der Waals surface area contributed by atoms with E-state index in [4.69, 9.17) is 4.74 Å². The number of ether oxygens (including phenoxy) is 1. The Morgan fingerprint density at radius 2 is 1.73 bits per heavy atom. The van der Waals surface area contributed by atoms with Crippen molar-refractivity contribution in [3.63, 3.8) is 0 Å². The maximum atomic E-state index is 12.2. The van der Waals surface area contributed by atoms with Crippen LogP contribution in [0.4, 0.5) is 0 Å². The van der Waals surface area contributed by atoms with Gasteiger partial charge in [0.05, 0.1) is 12.5 Å². The molecule has 0 heterocycles. The summed E-state index contributed by atoms with van der Waals surface area (Å²) in [7, 11) is 0. The Balaban J connectivity index is 3.02. The van der Waals surface area contributed by atoms with Crippen LogP contribution in [-0.2, 0) is 14.9 Å². The molecule has 1 aromatic carbocycles. The van der Waals surface area contributed by atoms with Gasteiger partial charge in [0.25, 0.3) is 0 Å². The van der Waals surface area contributed by atoms with Crippen molar-refractivity contribution in [3.8, 4) is 5.75 Å². The highest BCUT2D eigenvalue weighted by atomic mass is 16.5. The predicted octanol–water partition coefficient (Wildman–Crippen LogP) is 4.69. The summed E-state index contributed by atoms with van der Waals surface area (Å²) in [6, 6.07) is 3.68. The molecule has 0 saturated heterocycles. The fourth-order valence-corrected chi connectivity index (χ4v) is 2.32. The molecule has 0 aliphatic carbocycles. The van der Waals surface area contributed by atoms with Crippen LogP contribution >= 0.6 is 0 Å². The van der Waals surface area contributed by atoms with Crippen LogP contribution in [0.2, 0.25) is 0 Å². The molecule has 1 N–H and O–H groups in total. The number of esters is 1. The maximum absolute atomic E-state index is 12.2. The smallest absolute Gasteiger partial charge is 0.313 e. The predicted molar refractivity (Wildman–Crippen MR) is 90.4 cm³/mol. The highest BCUT2D eigenvalue weighted by Gasteiger charge is 2.25. The van der Waals surface area contributed by atoms with Crippen molar-refractivity contribution >= 4 is 5.97 Å². The summed E-state index contributed by atoms with van der Waals surface area (Å²) < 4.78 is 5.39. The largest absolute Gasteiger partial charge is 0.508 e. The van der Waals surface area contributed by atoms with Crippen LogP contribution in [-0.4, -0.2) is 17.7 Å². The average Bonchev–Trinajstić information content (AvgIpc) is 2.35. The highest BCUT2D eigenvalue weighted by molar-refractivity contribution is 5.78. The van der Waals surface area contributed by atoms with Crippen molar-refractivity contribution in [2.24, 2.45) is 5.41 Å². The van der Waals surface area contributed by atoms with Crippen molar-refractivity contribution in [2.75, 3.05) is 6.61 Å². The lowest BCUT2D eigenvalue weighted by Gasteiger charge is -2.24. The second-order valence-corrected chi connectivity index (χ2v) is 8.37. The number of aryl methyl sites for hydroxylation is 1. The van der Waals surface area contributed by atoms with E-state index in [1.807, 2.05) is 40.7 Å². The van der Waals surface area contributed by atoms with E-state index in [0.717, 1.165) is 16.7 Å². The van der Waals surface area contributed by atoms with Gasteiger partial charge in [0, 0.05) is 0 Å². The lowest BCUT2D eigenvalue weighted by molar-refractivity contribution is -0.147. The Morgan fingerprint density at radius 1 is 1.18 bits per heavy atom. The number of phenolic OH excluding ortho intramolecular Hbond substituents is 1. The number of carbonyl (C=O) groups excluding carboxylic acids is 1. The molecule has 22 heavy (non-hydrogen) atoms. The van der Waals surface area contributed by atoms with Gasteiger partial charge >= 0.3 is 5.97 Å². The first-order chi connectivity index (χ1) is 9.83. The number of phenols is 1. The molecule has 1 aromatic rings. The van der Waals surface area contributed by atoms with Crippen LogP contribution in [0.5, 0.6) is 5.75 Å². The Hall–Kier alpha value is -1.51. The van der Waals surface area contributed by atoms with Crippen LogP contribution < -0.4 is 0 Å². The first-order valence-corrected chi connectivity index (χ1v) is 7.83. The Morgan fingerprint density at radius 3 is 2.18 bits per heavy atom. The third kappa shape index (κ3) is 4.75. The van der Waals surface area contributed by atoms with Gasteiger partial charge in [0.15, 0.2) is 0 Å². The minimum absolute atomic E-state index is 0.0529. The summed E-state index contributed by atoms with van der Waals surface area (Å²) in [5.74, 6) is -0.397. The maximum Gasteiger partial charge on any atom is 0.313 e. The van der Waals surface area contributed by atoms with Gasteiger partial charge in [-0.1, -0.05) is 47.6 Å². The van der Waals surface area contributed by atoms with Crippen LogP contribution in [0, 0.1) is 12.3 Å². The molecule has 1 unspecified atom stereocenters. The van der Waals surface area contributed by atoms with Crippen LogP contribution in [0.15, 0.2) is 12.1 Å². The van der Waals surface area contributed by atoms with Gasteiger partial charge in [-0.15, -0.1) is 0 Å². The number of hydrogen-bond acceptors (Lipinski definition) is 3. The number of benzene rings is 1. The normalized spacial score (nSPS) is 13.8. The third-order valence-corrected chi connectivity index (χ3v) is 3.66. The topological polar surface area (TPSA) is 46.5 Å². The quantitative estimate of drug-likeness (QED) is 0.824. The first-order valence-electron chi connectivity index (χ1n) is 7.83. The molecule has 0 aliphatic heterocycles. The molecule has 0 amide bonds. The van der Waals surface area contributed by atoms with Crippen LogP contribution in [0.1, 0.15) is 71.1 Å². The molecule has 3 heteroatoms. The fourth-order valence-electron chi connectivity index (χ4n) is 2.32. The molecule has 0 aliphatic rings. The van der Waals surface area contributed by atoms with Gasteiger partial charge in [0.2, 0.25) is 0 Å². The zero-order valence-electron chi connectivity index (χ0n) is 15.2. The molecule has 124 valence electrons. The lowest BCUT2D eigenvalue weighted by Crippen LogP contribution is -2.22. The molecule has 3 nitrogen and oxygen atoms in total. The summed E-state index contributed by atoms with van der Waals surface area (Å²) in [5.41, 5.74) is 2.53. The zero-order valence-corrected chi connectivity index (χ0v) is 15.2. The molecule has 0 bridgehead atoms. The van der Waals surface area contributed by atoms with Crippen LogP contribution in [0.3, 0.4) is 0 Å². The van der Waals surface area contributed by atoms with Gasteiger partial charge < -0.3 is 9.84 Å². The second-order valence-electron chi connectivity index (χ2n) is 8.37. The summed E-state index contributed by atoms with van der Waals surface area (Å²) in [5, 5.41) is 10.3. The lowest BCUT2D eigenvalue weighted by atomic mass is 9.83. The van der Waals surface area contributed by atoms with Gasteiger partial charge in [-0.2, -0.15) is 0 Å². The van der Waals surface area contributed by atoms with E-state index in [1.54, 1.807) is 6.07 Å². The van der Waals surface area contributed by atoms with E-state index >= 15 is 0 Å². The van der Waals surface area contributed by atoms with Gasteiger partial charge in [0.1, 0.15) is 5.75 Å². The molecule has 1 atom stereocenters. The van der Waals surface area contributed by atoms with E-state index < -0.39 is 0 Å². The SMILES string of the molecule is Cc1cc(C(C)(C)C)c(O)cc1C(C)C(=O)OCC(C)(C)C. The summed E-state index contributed by atoms with van der Waals surface area (Å²) in [6.45, 7) is 16.4. The Bertz CT molecular complexity index is 545. The number of hydrogen-bond donors (Lipinski definition) is 1. The molecule has 0 radical (unpaired) electrons. The van der Waals surface area contributed by atoms with Crippen molar-refractivity contribution in [2.45, 2.75) is 66.7 Å². The molecule has 0 aromatic heterocycles. The average molecular weight is 306 g/mol. The van der Waals surface area contributed by atoms with Crippen molar-refractivity contribution < 1.29 is 14.6 Å². The number of aromatic hydroxyl groups is 1. The standard InChI is InChI=1S/C19H30O3/c1-12-9-15(19(6,7)8)16(20)10-14(12)13(2)17(21)22-11-18(3,4)5/h9-10,13,20H,11H2,1-8H3. The number of rotatable bonds is 3. The molecule has 0 fully saturated rings. The van der Waals surface area contributed by atoms with Crippen molar-refractivity contribution in [1.29, 1.82) is 0 Å². The van der Waals surface area contributed by atoms with Crippen molar-refractivity contribution in [1.82, 2.24) is 0 Å². The summed E-state index contributed by atoms with van der Waals surface area (Å²) in [6.07, 6.45) is 0. The molecular formula is C19H30O3. The minimum Gasteiger partial charge on any atom is -0.508 e. The first kappa shape index (κ1) is 18.5. The Labute approximate surface area is 134 Å². The highest BCUT2D eigenvalue weighted by Crippen LogP contribution is 2.35. The number of carbonyl (C=O) groups is 1. The fraction of sp³-hybridized carbons (Fsp3) is 0.632. The third-order valence-electron chi connectivity index (χ3n) is 3.66. The molecule has 0 saturated carbocycles. The van der Waals surface area contributed by atoms with E-state index in [0.29, 0.717) is 6.61 Å². The van der Waals surface area contributed by atoms with Gasteiger partial charge in [-0.3, -0.25) is 4.79 Å². The van der Waals surface area contributed by atoms with Crippen LogP contribution in [0.25, 0.3) is 0 Å². The Kier molecular flexibility index (Phi) is 5.32. The molecule has 0 spiro atoms. The summed E-state index contributed by atoms with van der Waals surface area (Å²) >= 11 is 0. The monoisotopic (exact) mass is 306 g/mol. The van der Waals surface area contributed by atoms with E-state index in [2.05, 4.69) is 20.8 Å². The van der Waals surface area contributed by atoms with Crippen molar-refractivity contribution in [3.05, 3.63) is 28.8 Å². The van der Waals surface area contributed by atoms with Gasteiger partial charge in [-0.05, 0) is 47.4 Å². The molecule has 1 rings (SSSR count). The van der Waals surface area contributed by atoms with E-state index in [1.165, 1.54) is 0 Å². The van der Waals surface area contributed by atoms with Gasteiger partial charge in [-0.25, -0.2) is 0 Å². The zero-order chi connectivity index (χ0) is 17.3. The van der Waals surface area contributed by atoms with E-state index in [9.17, 15) is 9.90 Å². The van der Waals surface area contributed by atoms with E-state index in [-0.39, 0.29) is 28.5 Å².